The predicted octanol–water partition coefficient (Wildman–Crippen LogP) is 7.78. The molecule has 1 aliphatic rings. The highest BCUT2D eigenvalue weighted by molar-refractivity contribution is 5.91. The van der Waals surface area contributed by atoms with Crippen LogP contribution in [0.3, 0.4) is 0 Å². The number of fused-ring (bicyclic) bond motifs is 3. The Labute approximate surface area is 194 Å². The standard InChI is InChI=1S/C31H24N2/c1-31(2)25-18-10-9-16-23(25)29-24(17-11-19-26(29)31)30-32-27(21-12-5-3-6-13-21)20-28(33-30)22-14-7-4-8-15-22/h3-20H,1-2H3. The lowest BCUT2D eigenvalue weighted by atomic mass is 9.82. The van der Waals surface area contributed by atoms with Gasteiger partial charge in [0.1, 0.15) is 0 Å². The third-order valence-electron chi connectivity index (χ3n) is 6.71. The summed E-state index contributed by atoms with van der Waals surface area (Å²) in [6, 6.07) is 38.1. The second-order valence-electron chi connectivity index (χ2n) is 9.09. The maximum atomic E-state index is 5.09. The van der Waals surface area contributed by atoms with Gasteiger partial charge in [-0.15, -0.1) is 0 Å². The summed E-state index contributed by atoms with van der Waals surface area (Å²) in [6.07, 6.45) is 0. The number of aromatic nitrogens is 2. The van der Waals surface area contributed by atoms with Gasteiger partial charge in [-0.2, -0.15) is 0 Å². The van der Waals surface area contributed by atoms with Gasteiger partial charge in [-0.1, -0.05) is 117 Å². The second kappa shape index (κ2) is 7.53. The average molecular weight is 425 g/mol. The minimum absolute atomic E-state index is 0.0543. The van der Waals surface area contributed by atoms with E-state index < -0.39 is 0 Å². The molecule has 0 fully saturated rings. The van der Waals surface area contributed by atoms with Crippen LogP contribution in [0.25, 0.3) is 45.0 Å². The van der Waals surface area contributed by atoms with Crippen molar-refractivity contribution in [1.29, 1.82) is 0 Å². The summed E-state index contributed by atoms with van der Waals surface area (Å²) < 4.78 is 0. The first kappa shape index (κ1) is 19.6. The van der Waals surface area contributed by atoms with Gasteiger partial charge in [0, 0.05) is 22.1 Å². The number of benzene rings is 4. The first-order valence-corrected chi connectivity index (χ1v) is 11.4. The van der Waals surface area contributed by atoms with E-state index in [1.165, 1.54) is 22.3 Å². The lowest BCUT2D eigenvalue weighted by Gasteiger charge is -2.21. The number of hydrogen-bond acceptors (Lipinski definition) is 2. The maximum absolute atomic E-state index is 5.09. The van der Waals surface area contributed by atoms with E-state index in [1.54, 1.807) is 0 Å². The van der Waals surface area contributed by atoms with Gasteiger partial charge < -0.3 is 0 Å². The van der Waals surface area contributed by atoms with Gasteiger partial charge in [-0.05, 0) is 28.3 Å². The van der Waals surface area contributed by atoms with Crippen molar-refractivity contribution in [3.8, 4) is 45.0 Å². The fourth-order valence-corrected chi connectivity index (χ4v) is 5.02. The molecule has 2 nitrogen and oxygen atoms in total. The zero-order chi connectivity index (χ0) is 22.4. The molecule has 33 heavy (non-hydrogen) atoms. The van der Waals surface area contributed by atoms with E-state index in [-0.39, 0.29) is 5.41 Å². The van der Waals surface area contributed by atoms with Crippen LogP contribution < -0.4 is 0 Å². The highest BCUT2D eigenvalue weighted by atomic mass is 14.9. The van der Waals surface area contributed by atoms with Gasteiger partial charge in [0.15, 0.2) is 5.82 Å². The van der Waals surface area contributed by atoms with Crippen molar-refractivity contribution >= 4 is 0 Å². The zero-order valence-electron chi connectivity index (χ0n) is 18.8. The molecular formula is C31H24N2. The molecule has 158 valence electrons. The van der Waals surface area contributed by atoms with Crippen molar-refractivity contribution in [3.05, 3.63) is 120 Å². The van der Waals surface area contributed by atoms with E-state index in [0.29, 0.717) is 0 Å². The topological polar surface area (TPSA) is 25.8 Å². The summed E-state index contributed by atoms with van der Waals surface area (Å²) in [5.74, 6) is 0.763. The van der Waals surface area contributed by atoms with Crippen LogP contribution in [0.4, 0.5) is 0 Å². The normalized spacial score (nSPS) is 13.4. The predicted molar refractivity (Wildman–Crippen MR) is 136 cm³/mol. The van der Waals surface area contributed by atoms with Crippen LogP contribution in [0.15, 0.2) is 109 Å². The molecule has 0 aliphatic heterocycles. The van der Waals surface area contributed by atoms with Gasteiger partial charge in [0.2, 0.25) is 0 Å². The Bertz CT molecular complexity index is 1410. The molecule has 1 aliphatic carbocycles. The molecule has 1 aromatic heterocycles. The van der Waals surface area contributed by atoms with Crippen LogP contribution in [0.1, 0.15) is 25.0 Å². The number of hydrogen-bond donors (Lipinski definition) is 0. The Morgan fingerprint density at radius 3 is 1.67 bits per heavy atom. The summed E-state index contributed by atoms with van der Waals surface area (Å²) in [5, 5.41) is 0. The molecule has 2 heteroatoms. The molecule has 0 saturated carbocycles. The molecule has 0 spiro atoms. The van der Waals surface area contributed by atoms with E-state index >= 15 is 0 Å². The highest BCUT2D eigenvalue weighted by Gasteiger charge is 2.36. The van der Waals surface area contributed by atoms with E-state index in [1.807, 2.05) is 12.1 Å². The minimum Gasteiger partial charge on any atom is -0.228 e. The second-order valence-corrected chi connectivity index (χ2v) is 9.09. The first-order chi connectivity index (χ1) is 16.1. The molecule has 4 aromatic carbocycles. The van der Waals surface area contributed by atoms with Crippen molar-refractivity contribution < 1.29 is 0 Å². The lowest BCUT2D eigenvalue weighted by molar-refractivity contribution is 0.660. The third kappa shape index (κ3) is 3.18. The third-order valence-corrected chi connectivity index (χ3v) is 6.71. The number of nitrogens with zero attached hydrogens (tertiary/aromatic N) is 2. The highest BCUT2D eigenvalue weighted by Crippen LogP contribution is 2.51. The summed E-state index contributed by atoms with van der Waals surface area (Å²) in [7, 11) is 0. The Morgan fingerprint density at radius 1 is 0.515 bits per heavy atom. The Balaban J connectivity index is 1.63. The summed E-state index contributed by atoms with van der Waals surface area (Å²) in [6.45, 7) is 4.61. The van der Waals surface area contributed by atoms with Crippen LogP contribution in [-0.4, -0.2) is 9.97 Å². The molecule has 1 heterocycles. The smallest absolute Gasteiger partial charge is 0.161 e. The molecule has 0 saturated heterocycles. The molecule has 0 radical (unpaired) electrons. The van der Waals surface area contributed by atoms with Crippen molar-refractivity contribution in [3.63, 3.8) is 0 Å². The Kier molecular flexibility index (Phi) is 4.48. The van der Waals surface area contributed by atoms with Crippen LogP contribution in [0.5, 0.6) is 0 Å². The molecular weight excluding hydrogens is 400 g/mol. The summed E-state index contributed by atoms with van der Waals surface area (Å²) in [5.41, 5.74) is 10.3. The van der Waals surface area contributed by atoms with Crippen LogP contribution in [-0.2, 0) is 5.41 Å². The van der Waals surface area contributed by atoms with Gasteiger partial charge in [-0.25, -0.2) is 9.97 Å². The molecule has 5 aromatic rings. The molecule has 0 atom stereocenters. The molecule has 0 bridgehead atoms. The quantitative estimate of drug-likeness (QED) is 0.295. The van der Waals surface area contributed by atoms with E-state index in [9.17, 15) is 0 Å². The first-order valence-electron chi connectivity index (χ1n) is 11.4. The lowest BCUT2D eigenvalue weighted by Crippen LogP contribution is -2.14. The van der Waals surface area contributed by atoms with E-state index in [0.717, 1.165) is 33.9 Å². The largest absolute Gasteiger partial charge is 0.228 e. The van der Waals surface area contributed by atoms with Crippen molar-refractivity contribution in [2.75, 3.05) is 0 Å². The molecule has 0 amide bonds. The number of rotatable bonds is 3. The van der Waals surface area contributed by atoms with Crippen molar-refractivity contribution in [2.45, 2.75) is 19.3 Å². The molecule has 0 unspecified atom stereocenters. The van der Waals surface area contributed by atoms with Crippen molar-refractivity contribution in [2.24, 2.45) is 0 Å². The zero-order valence-corrected chi connectivity index (χ0v) is 18.8. The van der Waals surface area contributed by atoms with E-state index in [4.69, 9.17) is 9.97 Å². The fourth-order valence-electron chi connectivity index (χ4n) is 5.02. The Morgan fingerprint density at radius 2 is 1.03 bits per heavy atom. The maximum Gasteiger partial charge on any atom is 0.161 e. The average Bonchev–Trinajstić information content (AvgIpc) is 3.12. The van der Waals surface area contributed by atoms with Gasteiger partial charge in [0.05, 0.1) is 11.4 Å². The fraction of sp³-hybridized carbons (Fsp3) is 0.0968. The summed E-state index contributed by atoms with van der Waals surface area (Å²) in [4.78, 5) is 10.2. The molecule has 6 rings (SSSR count). The van der Waals surface area contributed by atoms with Gasteiger partial charge >= 0.3 is 0 Å². The SMILES string of the molecule is CC1(C)c2ccccc2-c2c(-c3nc(-c4ccccc4)cc(-c4ccccc4)n3)cccc21. The van der Waals surface area contributed by atoms with Crippen LogP contribution in [0, 0.1) is 0 Å². The molecule has 0 N–H and O–H groups in total. The van der Waals surface area contributed by atoms with Gasteiger partial charge in [0.25, 0.3) is 0 Å². The van der Waals surface area contributed by atoms with Gasteiger partial charge in [-0.3, -0.25) is 0 Å². The van der Waals surface area contributed by atoms with Crippen molar-refractivity contribution in [1.82, 2.24) is 9.97 Å². The van der Waals surface area contributed by atoms with E-state index in [2.05, 4.69) is 111 Å². The van der Waals surface area contributed by atoms with Crippen LogP contribution in [0.2, 0.25) is 0 Å². The monoisotopic (exact) mass is 424 g/mol. The Hall–Kier alpha value is -4.04. The summed E-state index contributed by atoms with van der Waals surface area (Å²) >= 11 is 0. The van der Waals surface area contributed by atoms with Crippen LogP contribution >= 0.6 is 0 Å². The minimum atomic E-state index is -0.0543.